The fourth-order valence-corrected chi connectivity index (χ4v) is 4.73. The maximum Gasteiger partial charge on any atom is 0.416 e. The molecule has 2 heterocycles. The highest BCUT2D eigenvalue weighted by Gasteiger charge is 2.44. The Morgan fingerprint density at radius 1 is 1.11 bits per heavy atom. The molecule has 1 saturated carbocycles. The third-order valence-corrected chi connectivity index (χ3v) is 7.56. The first kappa shape index (κ1) is 25.9. The minimum Gasteiger partial charge on any atom is -0.352 e. The predicted molar refractivity (Wildman–Crippen MR) is 141 cm³/mol. The highest BCUT2D eigenvalue weighted by molar-refractivity contribution is 7.14. The molecular weight excluding hydrogens is 539 g/mol. The molecule has 1 aliphatic carbocycles. The summed E-state index contributed by atoms with van der Waals surface area (Å²) in [7, 11) is 0. The molecule has 0 saturated heterocycles. The van der Waals surface area contributed by atoms with Crippen LogP contribution in [-0.2, 0) is 17.5 Å². The number of nitrogens with zero attached hydrogens (tertiary/aromatic N) is 2. The van der Waals surface area contributed by atoms with Crippen LogP contribution in [0, 0.1) is 5.41 Å². The Balaban J connectivity index is 1.32. The number of hydrogen-bond donors (Lipinski definition) is 3. The average Bonchev–Trinajstić information content (AvgIpc) is 3.51. The van der Waals surface area contributed by atoms with Crippen molar-refractivity contribution in [1.82, 2.24) is 14.7 Å². The lowest BCUT2D eigenvalue weighted by molar-refractivity contribution is -0.137. The van der Waals surface area contributed by atoms with Gasteiger partial charge in [0.2, 0.25) is 5.91 Å². The van der Waals surface area contributed by atoms with Gasteiger partial charge in [-0.05, 0) is 72.4 Å². The maximum absolute atomic E-state index is 13.1. The SMILES string of the molecule is CC1(C(=O)NCc2ccc(Cl)c(C(=O)Nc3ccnc4c(Nc5ccc(C(F)(F)F)cc5)nsc34)c2)CC1. The number of rotatable bonds is 7. The number of alkyl halides is 3. The molecule has 2 aromatic heterocycles. The minimum absolute atomic E-state index is 0.0106. The van der Waals surface area contributed by atoms with E-state index in [1.54, 1.807) is 24.3 Å². The van der Waals surface area contributed by atoms with E-state index < -0.39 is 17.6 Å². The number of hydrogen-bond acceptors (Lipinski definition) is 6. The van der Waals surface area contributed by atoms with Gasteiger partial charge in [-0.1, -0.05) is 24.6 Å². The highest BCUT2D eigenvalue weighted by atomic mass is 35.5. The second-order valence-corrected chi connectivity index (χ2v) is 10.5. The van der Waals surface area contributed by atoms with Crippen LogP contribution in [0.1, 0.15) is 41.3 Å². The first-order valence-corrected chi connectivity index (χ1v) is 12.8. The molecule has 1 fully saturated rings. The zero-order valence-corrected chi connectivity index (χ0v) is 21.5. The summed E-state index contributed by atoms with van der Waals surface area (Å²) in [5, 5.41) is 8.97. The van der Waals surface area contributed by atoms with Gasteiger partial charge in [0.15, 0.2) is 5.82 Å². The van der Waals surface area contributed by atoms with Crippen LogP contribution in [0.25, 0.3) is 10.2 Å². The van der Waals surface area contributed by atoms with Gasteiger partial charge < -0.3 is 16.0 Å². The molecule has 2 aromatic carbocycles. The third-order valence-electron chi connectivity index (χ3n) is 6.36. The molecule has 1 aliphatic rings. The molecule has 196 valence electrons. The summed E-state index contributed by atoms with van der Waals surface area (Å²) in [5.74, 6) is -0.111. The van der Waals surface area contributed by atoms with Crippen LogP contribution in [0.3, 0.4) is 0 Å². The summed E-state index contributed by atoms with van der Waals surface area (Å²) in [6.07, 6.45) is -1.19. The molecule has 5 rings (SSSR count). The number of aromatic nitrogens is 2. The van der Waals surface area contributed by atoms with Crippen molar-refractivity contribution in [3.05, 3.63) is 76.4 Å². The molecule has 0 atom stereocenters. The maximum atomic E-state index is 13.1. The molecule has 0 radical (unpaired) electrons. The normalized spacial score (nSPS) is 14.2. The molecule has 0 aliphatic heterocycles. The van der Waals surface area contributed by atoms with Gasteiger partial charge in [-0.2, -0.15) is 17.5 Å². The number of fused-ring (bicyclic) bond motifs is 1. The fourth-order valence-electron chi connectivity index (χ4n) is 3.76. The van der Waals surface area contributed by atoms with Gasteiger partial charge in [-0.15, -0.1) is 0 Å². The molecule has 7 nitrogen and oxygen atoms in total. The number of carbonyl (C=O) groups excluding carboxylic acids is 2. The van der Waals surface area contributed by atoms with E-state index in [1.807, 2.05) is 6.92 Å². The molecule has 2 amide bonds. The third kappa shape index (κ3) is 5.44. The summed E-state index contributed by atoms with van der Waals surface area (Å²) in [4.78, 5) is 29.7. The molecule has 3 N–H and O–H groups in total. The largest absolute Gasteiger partial charge is 0.416 e. The standard InChI is InChI=1S/C26H21ClF3N5O2S/c1-25(9-10-25)24(37)32-13-14-2-7-18(27)17(12-14)23(36)34-19-8-11-31-20-21(19)38-35-22(20)33-16-5-3-15(4-6-16)26(28,29)30/h2-8,11-12H,9-10,13H2,1H3,(H,32,37)(H,33,35)(H,31,34,36). The summed E-state index contributed by atoms with van der Waals surface area (Å²) < 4.78 is 43.4. The summed E-state index contributed by atoms with van der Waals surface area (Å²) in [5.41, 5.74) is 1.24. The molecular formula is C26H21ClF3N5O2S. The Morgan fingerprint density at radius 3 is 2.53 bits per heavy atom. The molecule has 38 heavy (non-hydrogen) atoms. The van der Waals surface area contributed by atoms with E-state index in [2.05, 4.69) is 25.3 Å². The Kier molecular flexibility index (Phi) is 6.74. The lowest BCUT2D eigenvalue weighted by Gasteiger charge is -2.12. The van der Waals surface area contributed by atoms with E-state index in [4.69, 9.17) is 11.6 Å². The van der Waals surface area contributed by atoms with Gasteiger partial charge in [-0.3, -0.25) is 14.6 Å². The molecule has 4 aromatic rings. The van der Waals surface area contributed by atoms with E-state index in [0.717, 1.165) is 42.1 Å². The van der Waals surface area contributed by atoms with E-state index >= 15 is 0 Å². The first-order valence-electron chi connectivity index (χ1n) is 11.6. The monoisotopic (exact) mass is 559 g/mol. The van der Waals surface area contributed by atoms with Crippen molar-refractivity contribution in [2.45, 2.75) is 32.5 Å². The van der Waals surface area contributed by atoms with Gasteiger partial charge >= 0.3 is 6.18 Å². The van der Waals surface area contributed by atoms with Crippen LogP contribution in [0.2, 0.25) is 5.02 Å². The number of amides is 2. The number of pyridine rings is 1. The Hall–Kier alpha value is -3.70. The zero-order valence-electron chi connectivity index (χ0n) is 19.9. The first-order chi connectivity index (χ1) is 18.0. The lowest BCUT2D eigenvalue weighted by Crippen LogP contribution is -2.29. The van der Waals surface area contributed by atoms with Crippen molar-refractivity contribution in [3.8, 4) is 0 Å². The number of anilines is 3. The number of benzene rings is 2. The second-order valence-electron chi connectivity index (χ2n) is 9.28. The van der Waals surface area contributed by atoms with E-state index in [1.165, 1.54) is 18.3 Å². The lowest BCUT2D eigenvalue weighted by atomic mass is 10.1. The summed E-state index contributed by atoms with van der Waals surface area (Å²) in [6, 6.07) is 11.2. The summed E-state index contributed by atoms with van der Waals surface area (Å²) in [6.45, 7) is 2.20. The van der Waals surface area contributed by atoms with Crippen molar-refractivity contribution < 1.29 is 22.8 Å². The zero-order chi connectivity index (χ0) is 27.1. The van der Waals surface area contributed by atoms with Crippen molar-refractivity contribution in [2.24, 2.45) is 5.41 Å². The Morgan fingerprint density at radius 2 is 1.84 bits per heavy atom. The Labute approximate surface area is 224 Å². The highest BCUT2D eigenvalue weighted by Crippen LogP contribution is 2.45. The van der Waals surface area contributed by atoms with Gasteiger partial charge in [-0.25, -0.2) is 0 Å². The van der Waals surface area contributed by atoms with Crippen molar-refractivity contribution in [1.29, 1.82) is 0 Å². The summed E-state index contributed by atoms with van der Waals surface area (Å²) >= 11 is 7.38. The van der Waals surface area contributed by atoms with E-state index in [0.29, 0.717) is 27.4 Å². The van der Waals surface area contributed by atoms with Crippen LogP contribution in [0.15, 0.2) is 54.7 Å². The quantitative estimate of drug-likeness (QED) is 0.232. The van der Waals surface area contributed by atoms with Crippen molar-refractivity contribution >= 4 is 62.4 Å². The van der Waals surface area contributed by atoms with Crippen LogP contribution >= 0.6 is 23.1 Å². The average molecular weight is 560 g/mol. The van der Waals surface area contributed by atoms with Gasteiger partial charge in [0.25, 0.3) is 5.91 Å². The topological polar surface area (TPSA) is 96.0 Å². The minimum atomic E-state index is -4.42. The predicted octanol–water partition coefficient (Wildman–Crippen LogP) is 6.78. The van der Waals surface area contributed by atoms with Gasteiger partial charge in [0, 0.05) is 23.8 Å². The molecule has 0 bridgehead atoms. The molecule has 0 spiro atoms. The fraction of sp³-hybridized carbons (Fsp3) is 0.231. The number of carbonyl (C=O) groups is 2. The van der Waals surface area contributed by atoms with Crippen LogP contribution < -0.4 is 16.0 Å². The van der Waals surface area contributed by atoms with Crippen molar-refractivity contribution in [2.75, 3.05) is 10.6 Å². The smallest absolute Gasteiger partial charge is 0.352 e. The van der Waals surface area contributed by atoms with Crippen LogP contribution in [-0.4, -0.2) is 21.2 Å². The number of halogens is 4. The van der Waals surface area contributed by atoms with Crippen molar-refractivity contribution in [3.63, 3.8) is 0 Å². The van der Waals surface area contributed by atoms with Gasteiger partial charge in [0.1, 0.15) is 5.52 Å². The number of nitrogens with one attached hydrogen (secondary N) is 3. The van der Waals surface area contributed by atoms with Gasteiger partial charge in [0.05, 0.1) is 26.5 Å². The van der Waals surface area contributed by atoms with E-state index in [-0.39, 0.29) is 28.5 Å². The molecule has 12 heteroatoms. The Bertz CT molecular complexity index is 1530. The van der Waals surface area contributed by atoms with E-state index in [9.17, 15) is 22.8 Å². The van der Waals surface area contributed by atoms with Crippen LogP contribution in [0.4, 0.5) is 30.4 Å². The van der Waals surface area contributed by atoms with Crippen LogP contribution in [0.5, 0.6) is 0 Å². The second kappa shape index (κ2) is 9.88. The molecule has 0 unspecified atom stereocenters.